The molecule has 9 heteroatoms. The molecule has 1 aromatic carbocycles. The normalized spacial score (nSPS) is 27.9. The summed E-state index contributed by atoms with van der Waals surface area (Å²) < 4.78 is 33.9. The summed E-state index contributed by atoms with van der Waals surface area (Å²) in [5.74, 6) is -2.11. The van der Waals surface area contributed by atoms with Crippen LogP contribution in [0.5, 0.6) is 0 Å². The van der Waals surface area contributed by atoms with Gasteiger partial charge in [0, 0.05) is 10.8 Å². The van der Waals surface area contributed by atoms with E-state index in [9.17, 15) is 14.4 Å². The Hall–Kier alpha value is -2.33. The molecular weight excluding hydrogens is 432 g/mol. The molecule has 0 atom stereocenters. The number of carbonyl (C=O) groups excluding carboxylic acids is 3. The fourth-order valence-corrected chi connectivity index (χ4v) is 3.92. The fourth-order valence-electron chi connectivity index (χ4n) is 3.92. The second kappa shape index (κ2) is 8.47. The molecule has 1 spiro atoms. The standard InChI is InChI=1S/C24H30O9/c1-22(2,3)20-29-10-24(11-30-20)12-31-21(32-13-24)23(4,5)9-28-17(25)14-6-7-15-16(8-14)19(27)33-18(15)26/h6-8,20-21H,9-13H2,1-5H3. The molecule has 0 aliphatic carbocycles. The van der Waals surface area contributed by atoms with Crippen molar-refractivity contribution < 1.29 is 42.8 Å². The van der Waals surface area contributed by atoms with E-state index in [1.54, 1.807) is 0 Å². The SMILES string of the molecule is CC(C)(C)C1OCC2(CO1)COC(C(C)(C)COC(=O)c1ccc3c(c1)C(=O)OC3=O)OC2. The third kappa shape index (κ3) is 4.82. The van der Waals surface area contributed by atoms with Crippen molar-refractivity contribution in [2.24, 2.45) is 16.2 Å². The number of carbonyl (C=O) groups is 3. The van der Waals surface area contributed by atoms with Crippen LogP contribution in [-0.2, 0) is 28.4 Å². The number of hydrogen-bond donors (Lipinski definition) is 0. The van der Waals surface area contributed by atoms with E-state index < -0.39 is 29.6 Å². The molecule has 0 unspecified atom stereocenters. The summed E-state index contributed by atoms with van der Waals surface area (Å²) in [6.45, 7) is 11.8. The van der Waals surface area contributed by atoms with Gasteiger partial charge in [-0.1, -0.05) is 34.6 Å². The van der Waals surface area contributed by atoms with Gasteiger partial charge in [0.2, 0.25) is 0 Å². The summed E-state index contributed by atoms with van der Waals surface area (Å²) in [5, 5.41) is 0. The van der Waals surface area contributed by atoms with Gasteiger partial charge in [-0.25, -0.2) is 14.4 Å². The van der Waals surface area contributed by atoms with Gasteiger partial charge in [0.05, 0.1) is 48.5 Å². The highest BCUT2D eigenvalue weighted by Crippen LogP contribution is 2.38. The molecule has 3 aliphatic heterocycles. The van der Waals surface area contributed by atoms with E-state index in [0.29, 0.717) is 26.4 Å². The average Bonchev–Trinajstić information content (AvgIpc) is 3.05. The molecule has 0 saturated carbocycles. The molecule has 1 aromatic rings. The van der Waals surface area contributed by atoms with Gasteiger partial charge in [-0.05, 0) is 18.2 Å². The third-order valence-electron chi connectivity index (χ3n) is 5.96. The number of rotatable bonds is 4. The summed E-state index contributed by atoms with van der Waals surface area (Å²) in [6.07, 6.45) is -0.847. The molecule has 180 valence electrons. The second-order valence-electron chi connectivity index (χ2n) is 10.8. The summed E-state index contributed by atoms with van der Waals surface area (Å²) in [7, 11) is 0. The largest absolute Gasteiger partial charge is 0.461 e. The molecule has 2 fully saturated rings. The Morgan fingerprint density at radius 2 is 1.45 bits per heavy atom. The van der Waals surface area contributed by atoms with Gasteiger partial charge in [0.25, 0.3) is 0 Å². The van der Waals surface area contributed by atoms with Crippen molar-refractivity contribution in [1.29, 1.82) is 0 Å². The van der Waals surface area contributed by atoms with Gasteiger partial charge in [0.1, 0.15) is 6.61 Å². The van der Waals surface area contributed by atoms with Crippen LogP contribution in [-0.4, -0.2) is 63.5 Å². The van der Waals surface area contributed by atoms with Crippen LogP contribution < -0.4 is 0 Å². The van der Waals surface area contributed by atoms with Crippen LogP contribution in [0.15, 0.2) is 18.2 Å². The molecule has 33 heavy (non-hydrogen) atoms. The summed E-state index contributed by atoms with van der Waals surface area (Å²) in [6, 6.07) is 4.12. The molecule has 9 nitrogen and oxygen atoms in total. The number of cyclic esters (lactones) is 2. The van der Waals surface area contributed by atoms with E-state index in [1.807, 2.05) is 13.8 Å². The fraction of sp³-hybridized carbons (Fsp3) is 0.625. The second-order valence-corrected chi connectivity index (χ2v) is 10.8. The van der Waals surface area contributed by atoms with Crippen LogP contribution in [0.1, 0.15) is 65.7 Å². The number of esters is 3. The van der Waals surface area contributed by atoms with E-state index in [1.165, 1.54) is 18.2 Å². The quantitative estimate of drug-likeness (QED) is 0.493. The zero-order chi connectivity index (χ0) is 24.0. The molecule has 0 radical (unpaired) electrons. The number of fused-ring (bicyclic) bond motifs is 1. The van der Waals surface area contributed by atoms with Gasteiger partial charge in [-0.2, -0.15) is 0 Å². The predicted octanol–water partition coefficient (Wildman–Crippen LogP) is 2.96. The van der Waals surface area contributed by atoms with Crippen LogP contribution in [0.2, 0.25) is 0 Å². The lowest BCUT2D eigenvalue weighted by Crippen LogP contribution is -2.56. The monoisotopic (exact) mass is 462 g/mol. The van der Waals surface area contributed by atoms with Crippen molar-refractivity contribution in [2.75, 3.05) is 33.0 Å². The number of benzene rings is 1. The lowest BCUT2D eigenvalue weighted by Gasteiger charge is -2.48. The Kier molecular flexibility index (Phi) is 6.11. The summed E-state index contributed by atoms with van der Waals surface area (Å²) in [4.78, 5) is 35.8. The molecule has 0 bridgehead atoms. The van der Waals surface area contributed by atoms with E-state index in [-0.39, 0.29) is 40.4 Å². The summed E-state index contributed by atoms with van der Waals surface area (Å²) >= 11 is 0. The van der Waals surface area contributed by atoms with Crippen LogP contribution >= 0.6 is 0 Å². The van der Waals surface area contributed by atoms with Crippen molar-refractivity contribution in [3.8, 4) is 0 Å². The highest BCUT2D eigenvalue weighted by atomic mass is 16.7. The molecule has 4 rings (SSSR count). The smallest absolute Gasteiger partial charge is 0.346 e. The van der Waals surface area contributed by atoms with E-state index >= 15 is 0 Å². The van der Waals surface area contributed by atoms with Crippen molar-refractivity contribution in [3.05, 3.63) is 34.9 Å². The Morgan fingerprint density at radius 1 is 0.909 bits per heavy atom. The van der Waals surface area contributed by atoms with Crippen LogP contribution in [0.3, 0.4) is 0 Å². The molecule has 2 saturated heterocycles. The highest BCUT2D eigenvalue weighted by Gasteiger charge is 2.47. The van der Waals surface area contributed by atoms with Crippen molar-refractivity contribution in [3.63, 3.8) is 0 Å². The molecule has 3 heterocycles. The van der Waals surface area contributed by atoms with E-state index in [0.717, 1.165) is 0 Å². The van der Waals surface area contributed by atoms with Gasteiger partial charge in [0.15, 0.2) is 12.6 Å². The minimum Gasteiger partial charge on any atom is -0.461 e. The van der Waals surface area contributed by atoms with Gasteiger partial charge >= 0.3 is 17.9 Å². The molecule has 0 amide bonds. The van der Waals surface area contributed by atoms with Gasteiger partial charge < -0.3 is 28.4 Å². The minimum absolute atomic E-state index is 0.0308. The Bertz CT molecular complexity index is 941. The van der Waals surface area contributed by atoms with Crippen LogP contribution in [0.4, 0.5) is 0 Å². The first-order valence-corrected chi connectivity index (χ1v) is 10.9. The minimum atomic E-state index is -0.771. The van der Waals surface area contributed by atoms with Crippen molar-refractivity contribution >= 4 is 17.9 Å². The van der Waals surface area contributed by atoms with E-state index in [2.05, 4.69) is 25.5 Å². The first-order chi connectivity index (χ1) is 15.4. The first kappa shape index (κ1) is 23.8. The van der Waals surface area contributed by atoms with E-state index in [4.69, 9.17) is 23.7 Å². The lowest BCUT2D eigenvalue weighted by molar-refractivity contribution is -0.334. The lowest BCUT2D eigenvalue weighted by atomic mass is 9.87. The molecule has 0 N–H and O–H groups in total. The Labute approximate surface area is 192 Å². The third-order valence-corrected chi connectivity index (χ3v) is 5.96. The van der Waals surface area contributed by atoms with Gasteiger partial charge in [-0.15, -0.1) is 0 Å². The number of ether oxygens (including phenoxy) is 6. The summed E-state index contributed by atoms with van der Waals surface area (Å²) in [5.41, 5.74) is -0.746. The molecule has 3 aliphatic rings. The maximum absolute atomic E-state index is 12.5. The Balaban J connectivity index is 1.30. The zero-order valence-corrected chi connectivity index (χ0v) is 19.6. The van der Waals surface area contributed by atoms with Crippen LogP contribution in [0.25, 0.3) is 0 Å². The van der Waals surface area contributed by atoms with Crippen molar-refractivity contribution in [2.45, 2.75) is 47.2 Å². The molecule has 0 aromatic heterocycles. The first-order valence-electron chi connectivity index (χ1n) is 10.9. The topological polar surface area (TPSA) is 107 Å². The average molecular weight is 462 g/mol. The van der Waals surface area contributed by atoms with Gasteiger partial charge in [-0.3, -0.25) is 0 Å². The maximum Gasteiger partial charge on any atom is 0.346 e. The van der Waals surface area contributed by atoms with Crippen molar-refractivity contribution in [1.82, 2.24) is 0 Å². The Morgan fingerprint density at radius 3 is 2.03 bits per heavy atom. The number of hydrogen-bond acceptors (Lipinski definition) is 9. The maximum atomic E-state index is 12.5. The zero-order valence-electron chi connectivity index (χ0n) is 19.6. The predicted molar refractivity (Wildman–Crippen MR) is 114 cm³/mol. The van der Waals surface area contributed by atoms with Crippen LogP contribution in [0, 0.1) is 16.2 Å². The molecular formula is C24H30O9. The highest BCUT2D eigenvalue weighted by molar-refractivity contribution is 6.15.